The van der Waals surface area contributed by atoms with Crippen LogP contribution in [-0.2, 0) is 0 Å². The smallest absolute Gasteiger partial charge is 0.185 e. The third-order valence-corrected chi connectivity index (χ3v) is 1.13. The number of aromatic amines is 1. The number of H-pyrrole nitrogens is 1. The molecule has 11 heavy (non-hydrogen) atoms. The summed E-state index contributed by atoms with van der Waals surface area (Å²) in [6.45, 7) is 4.36. The van der Waals surface area contributed by atoms with Gasteiger partial charge in [0.1, 0.15) is 0 Å². The van der Waals surface area contributed by atoms with Crippen molar-refractivity contribution >= 4 is 6.29 Å². The summed E-state index contributed by atoms with van der Waals surface area (Å²) >= 11 is 0. The Morgan fingerprint density at radius 3 is 2.36 bits per heavy atom. The number of aldehydes is 1. The number of aromatic nitrogens is 2. The highest BCUT2D eigenvalue weighted by Crippen LogP contribution is 1.78. The molecule has 0 aliphatic rings. The highest BCUT2D eigenvalue weighted by Gasteiger charge is 1.82. The molecule has 0 fully saturated rings. The lowest BCUT2D eigenvalue weighted by Crippen LogP contribution is -1.78. The highest BCUT2D eigenvalue weighted by molar-refractivity contribution is 5.68. The molecule has 62 valence electrons. The number of rotatable bonds is 2. The Morgan fingerprint density at radius 2 is 2.18 bits per heavy atom. The first-order chi connectivity index (χ1) is 5.35. The van der Waals surface area contributed by atoms with Crippen molar-refractivity contribution in [3.05, 3.63) is 18.2 Å². The number of nitrogens with zero attached hydrogens (tertiary/aromatic N) is 1. The van der Waals surface area contributed by atoms with E-state index in [0.717, 1.165) is 0 Å². The van der Waals surface area contributed by atoms with Gasteiger partial charge in [0.2, 0.25) is 0 Å². The van der Waals surface area contributed by atoms with E-state index in [1.165, 1.54) is 19.0 Å². The Balaban J connectivity index is 0.000000218. The van der Waals surface area contributed by atoms with E-state index in [0.29, 0.717) is 12.1 Å². The maximum Gasteiger partial charge on any atom is 0.185 e. The fourth-order valence-corrected chi connectivity index (χ4v) is 0.342. The van der Waals surface area contributed by atoms with Gasteiger partial charge in [-0.15, -0.1) is 0 Å². The lowest BCUT2D eigenvalue weighted by atomic mass is 10.4. The first-order valence-electron chi connectivity index (χ1n) is 3.79. The van der Waals surface area contributed by atoms with Crippen molar-refractivity contribution in [2.75, 3.05) is 0 Å². The quantitative estimate of drug-likeness (QED) is 0.662. The molecule has 0 radical (unpaired) electrons. The Morgan fingerprint density at radius 1 is 1.55 bits per heavy atom. The van der Waals surface area contributed by atoms with Gasteiger partial charge in [-0.2, -0.15) is 0 Å². The highest BCUT2D eigenvalue weighted by atomic mass is 16.1. The fraction of sp³-hybridized carbons (Fsp3) is 0.500. The van der Waals surface area contributed by atoms with E-state index in [1.807, 2.05) is 0 Å². The number of hydrogen-bond acceptors (Lipinski definition) is 2. The molecule has 0 amide bonds. The predicted molar refractivity (Wildman–Crippen MR) is 44.6 cm³/mol. The summed E-state index contributed by atoms with van der Waals surface area (Å²) in [4.78, 5) is 16.0. The SMILES string of the molecule is CCCC.O=Cc1ncc[nH]1. The minimum Gasteiger partial charge on any atom is -0.342 e. The van der Waals surface area contributed by atoms with E-state index >= 15 is 0 Å². The molecular weight excluding hydrogens is 140 g/mol. The first kappa shape index (κ1) is 9.88. The molecule has 1 heterocycles. The van der Waals surface area contributed by atoms with Crippen LogP contribution in [0.5, 0.6) is 0 Å². The van der Waals surface area contributed by atoms with Gasteiger partial charge in [-0.3, -0.25) is 4.79 Å². The van der Waals surface area contributed by atoms with Gasteiger partial charge >= 0.3 is 0 Å². The Labute approximate surface area is 66.9 Å². The minimum absolute atomic E-state index is 0.375. The van der Waals surface area contributed by atoms with Gasteiger partial charge in [-0.05, 0) is 0 Å². The molecule has 0 unspecified atom stereocenters. The van der Waals surface area contributed by atoms with Crippen LogP contribution in [0.1, 0.15) is 37.3 Å². The van der Waals surface area contributed by atoms with Crippen LogP contribution in [0.3, 0.4) is 0 Å². The maximum atomic E-state index is 9.77. The zero-order valence-electron chi connectivity index (χ0n) is 7.00. The third-order valence-electron chi connectivity index (χ3n) is 1.13. The zero-order valence-corrected chi connectivity index (χ0v) is 7.00. The van der Waals surface area contributed by atoms with Crippen molar-refractivity contribution in [1.29, 1.82) is 0 Å². The van der Waals surface area contributed by atoms with Crippen LogP contribution >= 0.6 is 0 Å². The molecule has 0 atom stereocenters. The van der Waals surface area contributed by atoms with Crippen LogP contribution in [0, 0.1) is 0 Å². The van der Waals surface area contributed by atoms with E-state index in [9.17, 15) is 4.79 Å². The predicted octanol–water partition coefficient (Wildman–Crippen LogP) is 2.03. The number of imidazole rings is 1. The Bertz CT molecular complexity index is 168. The van der Waals surface area contributed by atoms with E-state index in [4.69, 9.17) is 0 Å². The summed E-state index contributed by atoms with van der Waals surface area (Å²) in [5.41, 5.74) is 0. The van der Waals surface area contributed by atoms with E-state index in [1.54, 1.807) is 6.20 Å². The lowest BCUT2D eigenvalue weighted by Gasteiger charge is -1.68. The monoisotopic (exact) mass is 154 g/mol. The molecule has 1 aromatic rings. The first-order valence-corrected chi connectivity index (χ1v) is 3.79. The third kappa shape index (κ3) is 5.33. The van der Waals surface area contributed by atoms with Crippen molar-refractivity contribution in [2.45, 2.75) is 26.7 Å². The normalized spacial score (nSPS) is 8.18. The standard InChI is InChI=1S/C4H4N2O.C4H10/c7-3-4-5-1-2-6-4;1-3-4-2/h1-3H,(H,5,6);3-4H2,1-2H3. The molecule has 1 N–H and O–H groups in total. The van der Waals surface area contributed by atoms with Crippen LogP contribution in [0.15, 0.2) is 12.4 Å². The van der Waals surface area contributed by atoms with Crippen LogP contribution in [0.25, 0.3) is 0 Å². The number of hydrogen-bond donors (Lipinski definition) is 1. The van der Waals surface area contributed by atoms with Crippen LogP contribution < -0.4 is 0 Å². The van der Waals surface area contributed by atoms with Crippen molar-refractivity contribution in [3.8, 4) is 0 Å². The molecule has 1 rings (SSSR count). The topological polar surface area (TPSA) is 45.8 Å². The Kier molecular flexibility index (Phi) is 6.28. The maximum absolute atomic E-state index is 9.77. The second kappa shape index (κ2) is 6.99. The average molecular weight is 154 g/mol. The minimum atomic E-state index is 0.375. The van der Waals surface area contributed by atoms with Gasteiger partial charge in [0.15, 0.2) is 12.1 Å². The van der Waals surface area contributed by atoms with Crippen molar-refractivity contribution in [1.82, 2.24) is 9.97 Å². The number of carbonyl (C=O) groups is 1. The van der Waals surface area contributed by atoms with Crippen LogP contribution in [-0.4, -0.2) is 16.3 Å². The van der Waals surface area contributed by atoms with Crippen molar-refractivity contribution in [2.24, 2.45) is 0 Å². The van der Waals surface area contributed by atoms with Crippen LogP contribution in [0.4, 0.5) is 0 Å². The second-order valence-corrected chi connectivity index (χ2v) is 2.09. The molecule has 0 aliphatic heterocycles. The van der Waals surface area contributed by atoms with Crippen LogP contribution in [0.2, 0.25) is 0 Å². The molecule has 0 aliphatic carbocycles. The lowest BCUT2D eigenvalue weighted by molar-refractivity contribution is 0.111. The van der Waals surface area contributed by atoms with Gasteiger partial charge in [-0.25, -0.2) is 4.98 Å². The number of unbranched alkanes of at least 4 members (excludes halogenated alkanes) is 1. The summed E-state index contributed by atoms with van der Waals surface area (Å²) in [6.07, 6.45) is 6.44. The largest absolute Gasteiger partial charge is 0.342 e. The second-order valence-electron chi connectivity index (χ2n) is 2.09. The summed E-state index contributed by atoms with van der Waals surface area (Å²) in [6, 6.07) is 0. The van der Waals surface area contributed by atoms with E-state index < -0.39 is 0 Å². The van der Waals surface area contributed by atoms with E-state index in [-0.39, 0.29) is 0 Å². The molecule has 0 saturated heterocycles. The Hall–Kier alpha value is -1.12. The number of carbonyl (C=O) groups excluding carboxylic acids is 1. The van der Waals surface area contributed by atoms with Gasteiger partial charge in [-0.1, -0.05) is 26.7 Å². The molecule has 1 aromatic heterocycles. The molecule has 3 nitrogen and oxygen atoms in total. The molecule has 0 aromatic carbocycles. The molecule has 0 bridgehead atoms. The van der Waals surface area contributed by atoms with Gasteiger partial charge in [0, 0.05) is 12.4 Å². The summed E-state index contributed by atoms with van der Waals surface area (Å²) in [5, 5.41) is 0. The fourth-order valence-electron chi connectivity index (χ4n) is 0.342. The summed E-state index contributed by atoms with van der Waals surface area (Å²) < 4.78 is 0. The molecule has 0 saturated carbocycles. The number of nitrogens with one attached hydrogen (secondary N) is 1. The molecule has 0 spiro atoms. The zero-order chi connectivity index (χ0) is 8.53. The van der Waals surface area contributed by atoms with Gasteiger partial charge in [0.25, 0.3) is 0 Å². The average Bonchev–Trinajstić information content (AvgIpc) is 2.56. The van der Waals surface area contributed by atoms with Gasteiger partial charge < -0.3 is 4.98 Å². The van der Waals surface area contributed by atoms with E-state index in [2.05, 4.69) is 23.8 Å². The van der Waals surface area contributed by atoms with Crippen molar-refractivity contribution < 1.29 is 4.79 Å². The molecule has 3 heteroatoms. The summed E-state index contributed by atoms with van der Waals surface area (Å²) in [5.74, 6) is 0.375. The molecular formula is C8H14N2O. The summed E-state index contributed by atoms with van der Waals surface area (Å²) in [7, 11) is 0. The van der Waals surface area contributed by atoms with Crippen molar-refractivity contribution in [3.63, 3.8) is 0 Å². The van der Waals surface area contributed by atoms with Gasteiger partial charge in [0.05, 0.1) is 0 Å².